The van der Waals surface area contributed by atoms with Crippen LogP contribution in [0.25, 0.3) is 0 Å². The number of amides is 2. The highest BCUT2D eigenvalue weighted by molar-refractivity contribution is 5.94. The van der Waals surface area contributed by atoms with Gasteiger partial charge in [0.2, 0.25) is 5.91 Å². The summed E-state index contributed by atoms with van der Waals surface area (Å²) in [4.78, 5) is 29.1. The van der Waals surface area contributed by atoms with E-state index in [1.54, 1.807) is 7.11 Å². The molecule has 27 heavy (non-hydrogen) atoms. The molecule has 0 unspecified atom stereocenters. The van der Waals surface area contributed by atoms with Crippen molar-refractivity contribution in [1.82, 2.24) is 9.80 Å². The van der Waals surface area contributed by atoms with Crippen LogP contribution in [0.2, 0.25) is 0 Å². The lowest BCUT2D eigenvalue weighted by atomic mass is 9.73. The second-order valence-corrected chi connectivity index (χ2v) is 7.97. The summed E-state index contributed by atoms with van der Waals surface area (Å²) in [6.07, 6.45) is 5.59. The van der Waals surface area contributed by atoms with E-state index in [2.05, 4.69) is 6.92 Å². The molecule has 1 aromatic carbocycles. The van der Waals surface area contributed by atoms with Crippen LogP contribution >= 0.6 is 0 Å². The van der Waals surface area contributed by atoms with Crippen LogP contribution in [0.5, 0.6) is 0 Å². The molecular formula is C22H32N2O3. The van der Waals surface area contributed by atoms with Gasteiger partial charge in [0.25, 0.3) is 5.91 Å². The number of likely N-dealkylation sites (tertiary alicyclic amines) is 2. The van der Waals surface area contributed by atoms with Crippen LogP contribution in [0.3, 0.4) is 0 Å². The van der Waals surface area contributed by atoms with Gasteiger partial charge in [0, 0.05) is 45.3 Å². The van der Waals surface area contributed by atoms with Crippen LogP contribution in [0.1, 0.15) is 54.9 Å². The Bertz CT molecular complexity index is 648. The molecule has 0 aromatic heterocycles. The minimum Gasteiger partial charge on any atom is -0.383 e. The Hall–Kier alpha value is -1.88. The fourth-order valence-electron chi connectivity index (χ4n) is 4.34. The summed E-state index contributed by atoms with van der Waals surface area (Å²) in [6.45, 7) is 5.80. The fourth-order valence-corrected chi connectivity index (χ4v) is 4.34. The number of aryl methyl sites for hydroxylation is 1. The largest absolute Gasteiger partial charge is 0.383 e. The molecule has 2 saturated heterocycles. The number of carbonyl (C=O) groups is 2. The van der Waals surface area contributed by atoms with Crippen molar-refractivity contribution in [3.63, 3.8) is 0 Å². The molecule has 2 amide bonds. The molecule has 0 radical (unpaired) electrons. The summed E-state index contributed by atoms with van der Waals surface area (Å²) < 4.78 is 5.13. The third-order valence-corrected chi connectivity index (χ3v) is 6.42. The number of methoxy groups -OCH3 is 1. The Morgan fingerprint density at radius 3 is 2.37 bits per heavy atom. The Balaban J connectivity index is 1.57. The van der Waals surface area contributed by atoms with E-state index in [4.69, 9.17) is 4.74 Å². The minimum atomic E-state index is 0.138. The van der Waals surface area contributed by atoms with Crippen molar-refractivity contribution < 1.29 is 14.3 Å². The van der Waals surface area contributed by atoms with Gasteiger partial charge >= 0.3 is 0 Å². The number of nitrogens with zero attached hydrogens (tertiary/aromatic N) is 2. The lowest BCUT2D eigenvalue weighted by Gasteiger charge is -2.41. The summed E-state index contributed by atoms with van der Waals surface area (Å²) in [7, 11) is 1.67. The second-order valence-electron chi connectivity index (χ2n) is 7.97. The van der Waals surface area contributed by atoms with E-state index >= 15 is 0 Å². The highest BCUT2D eigenvalue weighted by atomic mass is 16.5. The average Bonchev–Trinajstić information content (AvgIpc) is 2.86. The van der Waals surface area contributed by atoms with Gasteiger partial charge in [-0.15, -0.1) is 0 Å². The van der Waals surface area contributed by atoms with Crippen LogP contribution in [-0.2, 0) is 16.0 Å². The Kier molecular flexibility index (Phi) is 6.53. The third kappa shape index (κ3) is 4.70. The number of benzene rings is 1. The van der Waals surface area contributed by atoms with Gasteiger partial charge in [-0.3, -0.25) is 9.59 Å². The lowest BCUT2D eigenvalue weighted by molar-refractivity contribution is -0.131. The van der Waals surface area contributed by atoms with Crippen molar-refractivity contribution in [3.05, 3.63) is 35.4 Å². The lowest BCUT2D eigenvalue weighted by Crippen LogP contribution is -2.43. The maximum absolute atomic E-state index is 12.8. The van der Waals surface area contributed by atoms with Crippen molar-refractivity contribution in [1.29, 1.82) is 0 Å². The van der Waals surface area contributed by atoms with Gasteiger partial charge in [-0.05, 0) is 55.2 Å². The highest BCUT2D eigenvalue weighted by Gasteiger charge is 2.38. The van der Waals surface area contributed by atoms with E-state index in [0.717, 1.165) is 57.3 Å². The first-order chi connectivity index (χ1) is 13.1. The molecule has 3 rings (SSSR count). The van der Waals surface area contributed by atoms with E-state index < -0.39 is 0 Å². The summed E-state index contributed by atoms with van der Waals surface area (Å²) in [5, 5.41) is 0. The summed E-state index contributed by atoms with van der Waals surface area (Å²) >= 11 is 0. The Morgan fingerprint density at radius 1 is 1.07 bits per heavy atom. The third-order valence-electron chi connectivity index (χ3n) is 6.42. The molecule has 2 fully saturated rings. The van der Waals surface area contributed by atoms with Gasteiger partial charge in [0.15, 0.2) is 0 Å². The van der Waals surface area contributed by atoms with Crippen molar-refractivity contribution in [3.8, 4) is 0 Å². The molecule has 0 saturated carbocycles. The Morgan fingerprint density at radius 2 is 1.74 bits per heavy atom. The summed E-state index contributed by atoms with van der Waals surface area (Å²) in [5.74, 6) is 0.386. The van der Waals surface area contributed by atoms with E-state index in [0.29, 0.717) is 19.6 Å². The van der Waals surface area contributed by atoms with Crippen LogP contribution in [-0.4, -0.2) is 61.5 Å². The van der Waals surface area contributed by atoms with Crippen molar-refractivity contribution >= 4 is 11.8 Å². The predicted octanol–water partition coefficient (Wildman–Crippen LogP) is 3.13. The molecular weight excluding hydrogens is 340 g/mol. The molecule has 2 aliphatic rings. The second kappa shape index (κ2) is 8.87. The normalized spacial score (nSPS) is 20.0. The number of rotatable bonds is 5. The number of carbonyl (C=O) groups excluding carboxylic acids is 2. The zero-order chi connectivity index (χ0) is 19.3. The van der Waals surface area contributed by atoms with Crippen molar-refractivity contribution in [2.24, 2.45) is 5.41 Å². The molecule has 2 aliphatic heterocycles. The monoisotopic (exact) mass is 372 g/mol. The molecule has 0 atom stereocenters. The molecule has 1 spiro atoms. The quantitative estimate of drug-likeness (QED) is 0.798. The van der Waals surface area contributed by atoms with E-state index in [-0.39, 0.29) is 17.2 Å². The van der Waals surface area contributed by atoms with E-state index in [1.165, 1.54) is 5.56 Å². The summed E-state index contributed by atoms with van der Waals surface area (Å²) in [5.41, 5.74) is 2.25. The first-order valence-corrected chi connectivity index (χ1v) is 10.2. The molecule has 2 heterocycles. The zero-order valence-corrected chi connectivity index (χ0v) is 16.7. The number of hydrogen-bond donors (Lipinski definition) is 0. The minimum absolute atomic E-state index is 0.138. The van der Waals surface area contributed by atoms with Gasteiger partial charge in [-0.1, -0.05) is 19.1 Å². The van der Waals surface area contributed by atoms with Crippen LogP contribution in [0.4, 0.5) is 0 Å². The fraction of sp³-hybridized carbons (Fsp3) is 0.636. The van der Waals surface area contributed by atoms with Gasteiger partial charge in [-0.2, -0.15) is 0 Å². The maximum atomic E-state index is 12.8. The van der Waals surface area contributed by atoms with Gasteiger partial charge < -0.3 is 14.5 Å². The molecule has 5 heteroatoms. The van der Waals surface area contributed by atoms with Crippen LogP contribution in [0, 0.1) is 5.41 Å². The molecule has 148 valence electrons. The first-order valence-electron chi connectivity index (χ1n) is 10.2. The molecule has 1 aromatic rings. The molecule has 0 bridgehead atoms. The van der Waals surface area contributed by atoms with Crippen LogP contribution in [0.15, 0.2) is 24.3 Å². The SMILES string of the molecule is CCc1ccc(C(=O)N2CCC3(CCC(=O)N(CCOC)CC3)CC2)cc1. The zero-order valence-electron chi connectivity index (χ0n) is 16.7. The van der Waals surface area contributed by atoms with E-state index in [1.807, 2.05) is 34.1 Å². The molecule has 0 N–H and O–H groups in total. The van der Waals surface area contributed by atoms with Gasteiger partial charge in [0.1, 0.15) is 0 Å². The van der Waals surface area contributed by atoms with E-state index in [9.17, 15) is 9.59 Å². The topological polar surface area (TPSA) is 49.9 Å². The Labute approximate surface area is 162 Å². The number of hydrogen-bond acceptors (Lipinski definition) is 3. The average molecular weight is 373 g/mol. The number of ether oxygens (including phenoxy) is 1. The van der Waals surface area contributed by atoms with Crippen molar-refractivity contribution in [2.45, 2.75) is 45.4 Å². The highest BCUT2D eigenvalue weighted by Crippen LogP contribution is 2.41. The summed E-state index contributed by atoms with van der Waals surface area (Å²) in [6, 6.07) is 7.99. The molecule has 0 aliphatic carbocycles. The predicted molar refractivity (Wildman–Crippen MR) is 106 cm³/mol. The maximum Gasteiger partial charge on any atom is 0.253 e. The van der Waals surface area contributed by atoms with Gasteiger partial charge in [0.05, 0.1) is 6.61 Å². The standard InChI is InChI=1S/C22H32N2O3/c1-3-18-4-6-19(7-5-18)21(26)24-14-11-22(12-15-24)9-8-20(25)23(13-10-22)16-17-27-2/h4-7H,3,8-17H2,1-2H3. The smallest absolute Gasteiger partial charge is 0.253 e. The van der Waals surface area contributed by atoms with Crippen LogP contribution < -0.4 is 0 Å². The number of piperidine rings is 1. The van der Waals surface area contributed by atoms with Crippen molar-refractivity contribution in [2.75, 3.05) is 39.9 Å². The first kappa shape index (κ1) is 19.9. The van der Waals surface area contributed by atoms with Gasteiger partial charge in [-0.25, -0.2) is 0 Å². The molecule has 5 nitrogen and oxygen atoms in total.